The Morgan fingerprint density at radius 2 is 1.76 bits per heavy atom. The van der Waals surface area contributed by atoms with E-state index in [-0.39, 0.29) is 18.2 Å². The summed E-state index contributed by atoms with van der Waals surface area (Å²) in [6.45, 7) is 7.79. The topological polar surface area (TPSA) is 88.2 Å². The van der Waals surface area contributed by atoms with Crippen LogP contribution in [0.1, 0.15) is 41.7 Å². The van der Waals surface area contributed by atoms with Crippen LogP contribution in [-0.4, -0.2) is 32.6 Å². The van der Waals surface area contributed by atoms with Gasteiger partial charge in [-0.05, 0) is 80.3 Å². The van der Waals surface area contributed by atoms with Crippen molar-refractivity contribution >= 4 is 17.9 Å². The third-order valence-corrected chi connectivity index (χ3v) is 7.80. The van der Waals surface area contributed by atoms with Gasteiger partial charge in [0.05, 0.1) is 17.9 Å². The van der Waals surface area contributed by atoms with Gasteiger partial charge in [0, 0.05) is 29.3 Å². The van der Waals surface area contributed by atoms with Crippen molar-refractivity contribution in [1.29, 1.82) is 5.26 Å². The van der Waals surface area contributed by atoms with E-state index in [9.17, 15) is 14.9 Å². The van der Waals surface area contributed by atoms with Gasteiger partial charge >= 0.3 is 0 Å². The number of hydrogen-bond donors (Lipinski definition) is 0. The van der Waals surface area contributed by atoms with E-state index in [0.29, 0.717) is 22.4 Å². The number of aryl methyl sites for hydroxylation is 2. The maximum absolute atomic E-state index is 13.9. The zero-order valence-electron chi connectivity index (χ0n) is 24.0. The number of para-hydroxylation sites is 1. The van der Waals surface area contributed by atoms with E-state index < -0.39 is 11.8 Å². The van der Waals surface area contributed by atoms with Crippen molar-refractivity contribution in [3.63, 3.8) is 0 Å². The summed E-state index contributed by atoms with van der Waals surface area (Å²) < 4.78 is 7.82. The molecular weight excluding hydrogens is 524 g/mol. The van der Waals surface area contributed by atoms with Crippen molar-refractivity contribution < 1.29 is 14.3 Å². The number of rotatable bonds is 5. The highest BCUT2D eigenvalue weighted by atomic mass is 16.5. The van der Waals surface area contributed by atoms with E-state index in [0.717, 1.165) is 50.6 Å². The van der Waals surface area contributed by atoms with Crippen LogP contribution in [0.25, 0.3) is 23.0 Å². The number of amides is 2. The smallest absolute Gasteiger partial charge is 0.271 e. The molecular formula is C35H30N4O3. The molecule has 3 aromatic carbocycles. The zero-order valence-corrected chi connectivity index (χ0v) is 24.0. The van der Waals surface area contributed by atoms with Crippen molar-refractivity contribution in [3.05, 3.63) is 117 Å². The van der Waals surface area contributed by atoms with Gasteiger partial charge in [-0.2, -0.15) is 10.4 Å². The molecule has 6 rings (SSSR count). The fourth-order valence-electron chi connectivity index (χ4n) is 5.59. The van der Waals surface area contributed by atoms with Gasteiger partial charge in [-0.25, -0.2) is 4.68 Å². The molecule has 0 spiro atoms. The Bertz CT molecular complexity index is 1840. The molecule has 42 heavy (non-hydrogen) atoms. The molecule has 0 N–H and O–H groups in total. The van der Waals surface area contributed by atoms with E-state index in [4.69, 9.17) is 9.84 Å². The van der Waals surface area contributed by atoms with E-state index in [2.05, 4.69) is 19.1 Å². The predicted octanol–water partition coefficient (Wildman–Crippen LogP) is 6.27. The summed E-state index contributed by atoms with van der Waals surface area (Å²) in [5.41, 5.74) is 7.81. The molecule has 0 saturated heterocycles. The van der Waals surface area contributed by atoms with Gasteiger partial charge in [-0.1, -0.05) is 48.0 Å². The highest BCUT2D eigenvalue weighted by molar-refractivity contribution is 6.19. The first kappa shape index (κ1) is 27.0. The molecule has 0 bridgehead atoms. The Balaban J connectivity index is 1.50. The average molecular weight is 555 g/mol. The number of nitriles is 1. The lowest BCUT2D eigenvalue weighted by Crippen LogP contribution is -2.42. The van der Waals surface area contributed by atoms with Crippen molar-refractivity contribution in [1.82, 2.24) is 14.7 Å². The van der Waals surface area contributed by atoms with Gasteiger partial charge in [0.25, 0.3) is 11.8 Å². The zero-order chi connectivity index (χ0) is 29.5. The Morgan fingerprint density at radius 1 is 1.02 bits per heavy atom. The summed E-state index contributed by atoms with van der Waals surface area (Å²) in [5.74, 6) is -0.108. The highest BCUT2D eigenvalue weighted by Crippen LogP contribution is 2.38. The molecule has 2 aliphatic heterocycles. The van der Waals surface area contributed by atoms with Gasteiger partial charge < -0.3 is 4.74 Å². The normalized spacial score (nSPS) is 17.5. The number of carbonyl (C=O) groups is 2. The molecule has 3 heterocycles. The molecule has 208 valence electrons. The number of ether oxygens (including phenoxy) is 1. The summed E-state index contributed by atoms with van der Waals surface area (Å²) in [6, 6.07) is 23.6. The second-order valence-corrected chi connectivity index (χ2v) is 11.0. The third-order valence-electron chi connectivity index (χ3n) is 7.80. The molecule has 0 radical (unpaired) electrons. The highest BCUT2D eigenvalue weighted by Gasteiger charge is 2.36. The second-order valence-electron chi connectivity index (χ2n) is 11.0. The van der Waals surface area contributed by atoms with Crippen LogP contribution in [0.2, 0.25) is 0 Å². The van der Waals surface area contributed by atoms with Crippen molar-refractivity contribution in [2.45, 2.75) is 46.8 Å². The van der Waals surface area contributed by atoms with Crippen molar-refractivity contribution in [2.24, 2.45) is 0 Å². The maximum atomic E-state index is 13.9. The lowest BCUT2D eigenvalue weighted by Gasteiger charge is -2.27. The summed E-state index contributed by atoms with van der Waals surface area (Å²) in [4.78, 5) is 28.3. The van der Waals surface area contributed by atoms with Crippen LogP contribution in [0.15, 0.2) is 89.6 Å². The molecule has 2 aliphatic rings. The number of nitrogens with zero attached hydrogens (tertiary/aromatic N) is 4. The summed E-state index contributed by atoms with van der Waals surface area (Å²) in [7, 11) is 0. The number of aromatic nitrogens is 2. The summed E-state index contributed by atoms with van der Waals surface area (Å²) in [6.07, 6.45) is 4.55. The first-order valence-corrected chi connectivity index (χ1v) is 13.9. The SMILES string of the molecule is CC1=C(C#N)C(=O)N(Cc2ccc(C)cc2)C(=O)/C1=C/c1cn(-c2ccccc2)nc1-c1cc(C)c2c(c1)CC(C)O2. The fraction of sp³-hybridized carbons (Fsp3) is 0.200. The van der Waals surface area contributed by atoms with Gasteiger partial charge in [-0.15, -0.1) is 0 Å². The standard InChI is InChI=1S/C35H30N4O3/c1-21-10-12-25(13-11-21)19-38-34(40)30(24(4)31(18-36)35(38)41)17-28-20-39(29-8-6-5-7-9-29)37-32(28)26-14-22(2)33-27(16-26)15-23(3)42-33/h5-14,16-17,20,23H,15,19H2,1-4H3/b30-17+. The minimum absolute atomic E-state index is 0.0375. The Hall–Kier alpha value is -5.22. The van der Waals surface area contributed by atoms with Crippen LogP contribution in [-0.2, 0) is 22.6 Å². The molecule has 7 nitrogen and oxygen atoms in total. The molecule has 1 aromatic heterocycles. The lowest BCUT2D eigenvalue weighted by atomic mass is 9.92. The van der Waals surface area contributed by atoms with Gasteiger partial charge in [-0.3, -0.25) is 14.5 Å². The predicted molar refractivity (Wildman–Crippen MR) is 161 cm³/mol. The summed E-state index contributed by atoms with van der Waals surface area (Å²) >= 11 is 0. The van der Waals surface area contributed by atoms with Crippen molar-refractivity contribution in [2.75, 3.05) is 0 Å². The minimum Gasteiger partial charge on any atom is -0.490 e. The van der Waals surface area contributed by atoms with Crippen LogP contribution in [0.3, 0.4) is 0 Å². The number of imide groups is 1. The molecule has 4 aromatic rings. The lowest BCUT2D eigenvalue weighted by molar-refractivity contribution is -0.141. The molecule has 0 saturated carbocycles. The minimum atomic E-state index is -0.582. The van der Waals surface area contributed by atoms with Crippen LogP contribution in [0, 0.1) is 25.2 Å². The molecule has 7 heteroatoms. The first-order valence-electron chi connectivity index (χ1n) is 13.9. The molecule has 0 aliphatic carbocycles. The molecule has 0 fully saturated rings. The maximum Gasteiger partial charge on any atom is 0.271 e. The number of benzene rings is 3. The second kappa shape index (κ2) is 10.6. The molecule has 1 atom stereocenters. The Labute approximate surface area is 245 Å². The fourth-order valence-corrected chi connectivity index (χ4v) is 5.59. The summed E-state index contributed by atoms with van der Waals surface area (Å²) in [5, 5.41) is 14.9. The quantitative estimate of drug-likeness (QED) is 0.214. The average Bonchev–Trinajstić information content (AvgIpc) is 3.58. The van der Waals surface area contributed by atoms with Crippen LogP contribution in [0.4, 0.5) is 0 Å². The van der Waals surface area contributed by atoms with Gasteiger partial charge in [0.15, 0.2) is 0 Å². The van der Waals surface area contributed by atoms with Gasteiger partial charge in [0.2, 0.25) is 0 Å². The van der Waals surface area contributed by atoms with E-state index in [1.54, 1.807) is 17.7 Å². The van der Waals surface area contributed by atoms with Crippen molar-refractivity contribution in [3.8, 4) is 28.8 Å². The number of carbonyl (C=O) groups excluding carboxylic acids is 2. The Kier molecular flexibility index (Phi) is 6.83. The first-order chi connectivity index (χ1) is 20.2. The number of fused-ring (bicyclic) bond motifs is 1. The van der Waals surface area contributed by atoms with Crippen LogP contribution in [0.5, 0.6) is 5.75 Å². The van der Waals surface area contributed by atoms with Crippen LogP contribution >= 0.6 is 0 Å². The molecule has 1 unspecified atom stereocenters. The molecule has 2 amide bonds. The van der Waals surface area contributed by atoms with E-state index in [1.165, 1.54) is 0 Å². The van der Waals surface area contributed by atoms with Gasteiger partial charge in [0.1, 0.15) is 23.5 Å². The Morgan fingerprint density at radius 3 is 2.48 bits per heavy atom. The van der Waals surface area contributed by atoms with Crippen LogP contribution < -0.4 is 4.74 Å². The third kappa shape index (κ3) is 4.82. The largest absolute Gasteiger partial charge is 0.490 e. The number of hydrogen-bond acceptors (Lipinski definition) is 5. The van der Waals surface area contributed by atoms with E-state index in [1.807, 2.05) is 80.7 Å². The van der Waals surface area contributed by atoms with E-state index >= 15 is 0 Å². The monoisotopic (exact) mass is 554 g/mol.